The van der Waals surface area contributed by atoms with E-state index in [0.29, 0.717) is 9.16 Å². The summed E-state index contributed by atoms with van der Waals surface area (Å²) >= 11 is 12.3. The molecule has 2 unspecified atom stereocenters. The van der Waals surface area contributed by atoms with E-state index >= 15 is 0 Å². The zero-order valence-electron chi connectivity index (χ0n) is 8.18. The van der Waals surface area contributed by atoms with Gasteiger partial charge >= 0.3 is 0 Å². The van der Waals surface area contributed by atoms with E-state index in [-0.39, 0.29) is 0 Å². The first-order valence-electron chi connectivity index (χ1n) is 4.38. The average Bonchev–Trinajstić information content (AvgIpc) is 2.06. The molecule has 4 heteroatoms. The van der Waals surface area contributed by atoms with E-state index in [1.54, 1.807) is 23.5 Å². The Balaban J connectivity index is 2.80. The summed E-state index contributed by atoms with van der Waals surface area (Å²) in [6.45, 7) is 4.17. The molecule has 0 nitrogen and oxygen atoms in total. The van der Waals surface area contributed by atoms with Crippen molar-refractivity contribution < 1.29 is 0 Å². The predicted molar refractivity (Wildman–Crippen MR) is 75.1 cm³/mol. The molecule has 0 aliphatic carbocycles. The number of hydrogen-bond donors (Lipinski definition) is 2. The first-order chi connectivity index (χ1) is 6.59. The van der Waals surface area contributed by atoms with Crippen molar-refractivity contribution in [1.29, 1.82) is 0 Å². The maximum atomic E-state index is 4.38. The molecule has 1 aromatic rings. The van der Waals surface area contributed by atoms with Gasteiger partial charge in [0.15, 0.2) is 0 Å². The summed E-state index contributed by atoms with van der Waals surface area (Å²) in [6.07, 6.45) is 0. The van der Waals surface area contributed by atoms with Crippen LogP contribution in [0.15, 0.2) is 34.1 Å². The second-order valence-electron chi connectivity index (χ2n) is 2.88. The first kappa shape index (κ1) is 12.7. The molecule has 0 fully saturated rings. The normalized spacial score (nSPS) is 15.1. The molecule has 0 aliphatic rings. The molecule has 0 aliphatic heterocycles. The highest BCUT2D eigenvalue weighted by atomic mass is 32.2. The Hall–Kier alpha value is 0.620. The fourth-order valence-electron chi connectivity index (χ4n) is 1.01. The molecule has 2 atom stereocenters. The van der Waals surface area contributed by atoms with Gasteiger partial charge in [0.1, 0.15) is 0 Å². The molecule has 78 valence electrons. The minimum absolute atomic E-state index is 0.326. The van der Waals surface area contributed by atoms with E-state index in [1.165, 1.54) is 9.79 Å². The highest BCUT2D eigenvalue weighted by Gasteiger charge is 2.07. The van der Waals surface area contributed by atoms with Crippen molar-refractivity contribution in [2.45, 2.75) is 32.8 Å². The Labute approximate surface area is 105 Å². The lowest BCUT2D eigenvalue weighted by Gasteiger charge is -2.11. The van der Waals surface area contributed by atoms with E-state index < -0.39 is 0 Å². The van der Waals surface area contributed by atoms with Gasteiger partial charge in [-0.2, -0.15) is 25.3 Å². The van der Waals surface area contributed by atoms with E-state index in [4.69, 9.17) is 0 Å². The van der Waals surface area contributed by atoms with Crippen LogP contribution in [0, 0.1) is 0 Å². The lowest BCUT2D eigenvalue weighted by molar-refractivity contribution is 1.23. The Morgan fingerprint density at radius 1 is 0.929 bits per heavy atom. The Morgan fingerprint density at radius 3 is 1.57 bits per heavy atom. The molecule has 0 aromatic heterocycles. The van der Waals surface area contributed by atoms with Crippen molar-refractivity contribution in [1.82, 2.24) is 0 Å². The van der Waals surface area contributed by atoms with Crippen LogP contribution in [0.1, 0.15) is 13.8 Å². The minimum Gasteiger partial charge on any atom is -0.165 e. The van der Waals surface area contributed by atoms with E-state index in [1.807, 2.05) is 0 Å². The van der Waals surface area contributed by atoms with Crippen LogP contribution in [0.4, 0.5) is 0 Å². The zero-order valence-corrected chi connectivity index (χ0v) is 11.6. The highest BCUT2D eigenvalue weighted by Crippen LogP contribution is 2.36. The van der Waals surface area contributed by atoms with E-state index in [9.17, 15) is 0 Å². The van der Waals surface area contributed by atoms with Gasteiger partial charge in [-0.25, -0.2) is 0 Å². The SMILES string of the molecule is CC(S)Sc1ccccc1SC(C)S. The fraction of sp³-hybridized carbons (Fsp3) is 0.400. The van der Waals surface area contributed by atoms with Crippen LogP contribution < -0.4 is 0 Å². The minimum atomic E-state index is 0.326. The molecule has 1 rings (SSSR count). The molecule has 14 heavy (non-hydrogen) atoms. The summed E-state index contributed by atoms with van der Waals surface area (Å²) < 4.78 is 0.652. The molecule has 0 radical (unpaired) electrons. The quantitative estimate of drug-likeness (QED) is 0.468. The molecule has 0 saturated heterocycles. The topological polar surface area (TPSA) is 0 Å². The maximum absolute atomic E-state index is 4.38. The number of benzene rings is 1. The summed E-state index contributed by atoms with van der Waals surface area (Å²) in [5, 5.41) is 0. The van der Waals surface area contributed by atoms with Gasteiger partial charge in [0.2, 0.25) is 0 Å². The van der Waals surface area contributed by atoms with Crippen LogP contribution in [0.2, 0.25) is 0 Å². The van der Waals surface area contributed by atoms with Crippen molar-refractivity contribution in [3.05, 3.63) is 24.3 Å². The molecule has 0 N–H and O–H groups in total. The van der Waals surface area contributed by atoms with E-state index in [0.717, 1.165) is 0 Å². The second kappa shape index (κ2) is 6.26. The zero-order chi connectivity index (χ0) is 10.6. The molecular weight excluding hydrogens is 248 g/mol. The Bertz CT molecular complexity index is 254. The largest absolute Gasteiger partial charge is 0.165 e. The second-order valence-corrected chi connectivity index (χ2v) is 7.89. The smallest absolute Gasteiger partial charge is 0.0491 e. The van der Waals surface area contributed by atoms with Crippen molar-refractivity contribution in [2.24, 2.45) is 0 Å². The average molecular weight is 262 g/mol. The third-order valence-corrected chi connectivity index (χ3v) is 4.11. The molecule has 0 amide bonds. The molecular formula is C10H14S4. The van der Waals surface area contributed by atoms with Crippen molar-refractivity contribution in [2.75, 3.05) is 0 Å². The standard InChI is InChI=1S/C10H14S4/c1-7(11)13-9-5-3-4-6-10(9)14-8(2)12/h3-8,11-12H,1-2H3. The first-order valence-corrected chi connectivity index (χ1v) is 7.17. The highest BCUT2D eigenvalue weighted by molar-refractivity contribution is 8.12. The third-order valence-electron chi connectivity index (χ3n) is 1.44. The third kappa shape index (κ3) is 4.43. The monoisotopic (exact) mass is 262 g/mol. The van der Waals surface area contributed by atoms with Crippen LogP contribution >= 0.6 is 48.8 Å². The van der Waals surface area contributed by atoms with Gasteiger partial charge < -0.3 is 0 Å². The summed E-state index contributed by atoms with van der Waals surface area (Å²) in [7, 11) is 0. The van der Waals surface area contributed by atoms with Gasteiger partial charge in [-0.05, 0) is 26.0 Å². The van der Waals surface area contributed by atoms with Crippen molar-refractivity contribution in [3.63, 3.8) is 0 Å². The molecule has 0 bridgehead atoms. The van der Waals surface area contributed by atoms with Crippen LogP contribution in [0.3, 0.4) is 0 Å². The molecule has 1 aromatic carbocycles. The van der Waals surface area contributed by atoms with Crippen molar-refractivity contribution in [3.8, 4) is 0 Å². The Kier molecular flexibility index (Phi) is 5.67. The van der Waals surface area contributed by atoms with Gasteiger partial charge in [0, 0.05) is 19.0 Å². The lowest BCUT2D eigenvalue weighted by atomic mass is 10.4. The lowest BCUT2D eigenvalue weighted by Crippen LogP contribution is -1.88. The summed E-state index contributed by atoms with van der Waals surface area (Å²) in [5.41, 5.74) is 0. The van der Waals surface area contributed by atoms with Gasteiger partial charge in [0.05, 0.1) is 0 Å². The van der Waals surface area contributed by atoms with Crippen LogP contribution in [-0.4, -0.2) is 9.16 Å². The summed E-state index contributed by atoms with van der Waals surface area (Å²) in [4.78, 5) is 2.59. The van der Waals surface area contributed by atoms with Crippen LogP contribution in [0.25, 0.3) is 0 Å². The van der Waals surface area contributed by atoms with Crippen molar-refractivity contribution >= 4 is 48.8 Å². The van der Waals surface area contributed by atoms with Gasteiger partial charge in [-0.15, -0.1) is 23.5 Å². The number of rotatable bonds is 4. The Morgan fingerprint density at radius 2 is 1.29 bits per heavy atom. The fourth-order valence-corrected chi connectivity index (χ4v) is 3.40. The number of hydrogen-bond acceptors (Lipinski definition) is 4. The maximum Gasteiger partial charge on any atom is 0.0491 e. The molecule has 0 saturated carbocycles. The molecule has 0 heterocycles. The number of thioether (sulfide) groups is 2. The predicted octanol–water partition coefficient (Wildman–Crippen LogP) is 4.42. The van der Waals surface area contributed by atoms with Gasteiger partial charge in [-0.3, -0.25) is 0 Å². The van der Waals surface area contributed by atoms with Gasteiger partial charge in [-0.1, -0.05) is 12.1 Å². The van der Waals surface area contributed by atoms with Gasteiger partial charge in [0.25, 0.3) is 0 Å². The summed E-state index contributed by atoms with van der Waals surface area (Å²) in [6, 6.07) is 8.39. The number of thiol groups is 2. The van der Waals surface area contributed by atoms with E-state index in [2.05, 4.69) is 63.4 Å². The molecule has 0 spiro atoms. The summed E-state index contributed by atoms with van der Waals surface area (Å²) in [5.74, 6) is 0. The van der Waals surface area contributed by atoms with Crippen LogP contribution in [0.5, 0.6) is 0 Å². The van der Waals surface area contributed by atoms with Crippen LogP contribution in [-0.2, 0) is 0 Å².